The van der Waals surface area contributed by atoms with Crippen molar-refractivity contribution in [3.8, 4) is 0 Å². The molecule has 0 aromatic rings. The molecule has 0 saturated carbocycles. The van der Waals surface area contributed by atoms with Gasteiger partial charge in [0.15, 0.2) is 0 Å². The van der Waals surface area contributed by atoms with Crippen molar-refractivity contribution in [2.45, 2.75) is 51.7 Å². The van der Waals surface area contributed by atoms with E-state index in [9.17, 15) is 5.11 Å². The van der Waals surface area contributed by atoms with Gasteiger partial charge in [-0.1, -0.05) is 20.8 Å². The largest absolute Gasteiger partial charge is 0.392 e. The molecule has 0 aromatic heterocycles. The van der Waals surface area contributed by atoms with Crippen LogP contribution >= 0.6 is 0 Å². The van der Waals surface area contributed by atoms with Crippen molar-refractivity contribution in [2.75, 3.05) is 19.8 Å². The van der Waals surface area contributed by atoms with Gasteiger partial charge in [0.1, 0.15) is 0 Å². The minimum atomic E-state index is -0.242. The summed E-state index contributed by atoms with van der Waals surface area (Å²) in [6, 6.07) is 0. The number of aliphatic hydroxyl groups is 1. The second-order valence-electron chi connectivity index (χ2n) is 6.40. The first-order valence-electron chi connectivity index (χ1n) is 6.33. The van der Waals surface area contributed by atoms with Crippen molar-refractivity contribution in [3.63, 3.8) is 0 Å². The highest BCUT2D eigenvalue weighted by Gasteiger charge is 2.44. The molecular formula is C13H24O3. The molecule has 16 heavy (non-hydrogen) atoms. The Kier molecular flexibility index (Phi) is 3.30. The van der Waals surface area contributed by atoms with Crippen LogP contribution in [0.5, 0.6) is 0 Å². The van der Waals surface area contributed by atoms with Crippen molar-refractivity contribution in [1.82, 2.24) is 0 Å². The summed E-state index contributed by atoms with van der Waals surface area (Å²) in [6.45, 7) is 8.58. The third-order valence-electron chi connectivity index (χ3n) is 3.93. The average molecular weight is 228 g/mol. The van der Waals surface area contributed by atoms with Gasteiger partial charge in [0.25, 0.3) is 0 Å². The van der Waals surface area contributed by atoms with Crippen LogP contribution in [0, 0.1) is 11.3 Å². The van der Waals surface area contributed by atoms with Crippen LogP contribution in [-0.4, -0.2) is 36.6 Å². The molecule has 0 aliphatic carbocycles. The first-order chi connectivity index (χ1) is 7.43. The summed E-state index contributed by atoms with van der Waals surface area (Å²) >= 11 is 0. The first kappa shape index (κ1) is 12.3. The normalized spacial score (nSPS) is 37.9. The fraction of sp³-hybridized carbons (Fsp3) is 1.00. The second kappa shape index (κ2) is 4.28. The molecule has 0 radical (unpaired) electrons. The van der Waals surface area contributed by atoms with Gasteiger partial charge in [-0.05, 0) is 24.2 Å². The van der Waals surface area contributed by atoms with E-state index in [0.29, 0.717) is 12.5 Å². The minimum Gasteiger partial charge on any atom is -0.392 e. The van der Waals surface area contributed by atoms with E-state index in [-0.39, 0.29) is 17.1 Å². The van der Waals surface area contributed by atoms with Gasteiger partial charge in [-0.15, -0.1) is 0 Å². The maximum Gasteiger partial charge on any atom is 0.0940 e. The number of aliphatic hydroxyl groups excluding tert-OH is 1. The Balaban J connectivity index is 2.01. The van der Waals surface area contributed by atoms with E-state index in [0.717, 1.165) is 32.5 Å². The van der Waals surface area contributed by atoms with Crippen LogP contribution in [0.15, 0.2) is 0 Å². The zero-order valence-electron chi connectivity index (χ0n) is 10.7. The molecular weight excluding hydrogens is 204 g/mol. The van der Waals surface area contributed by atoms with Crippen LogP contribution < -0.4 is 0 Å². The molecule has 2 aliphatic rings. The summed E-state index contributed by atoms with van der Waals surface area (Å²) in [5.74, 6) is 0.357. The maximum absolute atomic E-state index is 10.4. The highest BCUT2D eigenvalue weighted by molar-refractivity contribution is 4.94. The monoisotopic (exact) mass is 228 g/mol. The van der Waals surface area contributed by atoms with Crippen LogP contribution in [0.4, 0.5) is 0 Å². The van der Waals surface area contributed by atoms with Crippen LogP contribution in [0.3, 0.4) is 0 Å². The van der Waals surface area contributed by atoms with Crippen LogP contribution in [0.2, 0.25) is 0 Å². The van der Waals surface area contributed by atoms with Gasteiger partial charge in [0, 0.05) is 19.6 Å². The van der Waals surface area contributed by atoms with Gasteiger partial charge in [-0.2, -0.15) is 0 Å². The first-order valence-corrected chi connectivity index (χ1v) is 6.33. The third kappa shape index (κ3) is 2.41. The zero-order valence-corrected chi connectivity index (χ0v) is 10.7. The molecule has 2 fully saturated rings. The van der Waals surface area contributed by atoms with Crippen molar-refractivity contribution < 1.29 is 14.6 Å². The fourth-order valence-corrected chi connectivity index (χ4v) is 2.91. The third-order valence-corrected chi connectivity index (χ3v) is 3.93. The Morgan fingerprint density at radius 1 is 1.31 bits per heavy atom. The number of ether oxygens (including phenoxy) is 2. The van der Waals surface area contributed by atoms with Gasteiger partial charge < -0.3 is 14.6 Å². The Labute approximate surface area is 98.1 Å². The quantitative estimate of drug-likeness (QED) is 0.746. The zero-order chi connectivity index (χ0) is 11.8. The summed E-state index contributed by atoms with van der Waals surface area (Å²) < 4.78 is 11.3. The molecule has 0 amide bonds. The topological polar surface area (TPSA) is 38.7 Å². The van der Waals surface area contributed by atoms with Gasteiger partial charge in [-0.25, -0.2) is 0 Å². The Hall–Kier alpha value is -0.120. The molecule has 2 saturated heterocycles. The number of hydrogen-bond acceptors (Lipinski definition) is 3. The molecule has 1 spiro atoms. The van der Waals surface area contributed by atoms with E-state index in [1.54, 1.807) is 0 Å². The van der Waals surface area contributed by atoms with Gasteiger partial charge in [0.05, 0.1) is 18.3 Å². The molecule has 2 heterocycles. The van der Waals surface area contributed by atoms with Gasteiger partial charge in [-0.3, -0.25) is 0 Å². The summed E-state index contributed by atoms with van der Waals surface area (Å²) in [5.41, 5.74) is -0.127. The van der Waals surface area contributed by atoms with Gasteiger partial charge in [0.2, 0.25) is 0 Å². The number of rotatable bonds is 1. The standard InChI is InChI=1S/C13H24O3/c1-12(2,3)11(14)10-4-6-16-13(8-10)5-7-15-9-13/h10-11,14H,4-9H2,1-3H3. The van der Waals surface area contributed by atoms with Crippen molar-refractivity contribution >= 4 is 0 Å². The van der Waals surface area contributed by atoms with Crippen molar-refractivity contribution in [2.24, 2.45) is 11.3 Å². The van der Waals surface area contributed by atoms with E-state index in [1.165, 1.54) is 0 Å². The van der Waals surface area contributed by atoms with Crippen molar-refractivity contribution in [1.29, 1.82) is 0 Å². The molecule has 3 atom stereocenters. The Morgan fingerprint density at radius 3 is 2.62 bits per heavy atom. The van der Waals surface area contributed by atoms with Gasteiger partial charge >= 0.3 is 0 Å². The molecule has 3 heteroatoms. The lowest BCUT2D eigenvalue weighted by Gasteiger charge is -2.42. The second-order valence-corrected chi connectivity index (χ2v) is 6.40. The van der Waals surface area contributed by atoms with Crippen LogP contribution in [0.1, 0.15) is 40.0 Å². The summed E-state index contributed by atoms with van der Waals surface area (Å²) in [7, 11) is 0. The van der Waals surface area contributed by atoms with E-state index in [1.807, 2.05) is 0 Å². The maximum atomic E-state index is 10.4. The Morgan fingerprint density at radius 2 is 2.06 bits per heavy atom. The van der Waals surface area contributed by atoms with E-state index < -0.39 is 0 Å². The molecule has 3 unspecified atom stereocenters. The van der Waals surface area contributed by atoms with E-state index in [4.69, 9.17) is 9.47 Å². The molecule has 94 valence electrons. The lowest BCUT2D eigenvalue weighted by molar-refractivity contribution is -0.129. The highest BCUT2D eigenvalue weighted by Crippen LogP contribution is 2.40. The molecule has 0 bridgehead atoms. The average Bonchev–Trinajstić information content (AvgIpc) is 2.64. The van der Waals surface area contributed by atoms with Crippen LogP contribution in [-0.2, 0) is 9.47 Å². The van der Waals surface area contributed by atoms with Crippen LogP contribution in [0.25, 0.3) is 0 Å². The summed E-state index contributed by atoms with van der Waals surface area (Å²) in [4.78, 5) is 0. The van der Waals surface area contributed by atoms with E-state index in [2.05, 4.69) is 20.8 Å². The molecule has 2 rings (SSSR count). The predicted octanol–water partition coefficient (Wildman–Crippen LogP) is 1.98. The highest BCUT2D eigenvalue weighted by atomic mass is 16.6. The predicted molar refractivity (Wildman–Crippen MR) is 62.3 cm³/mol. The molecule has 2 aliphatic heterocycles. The molecule has 0 aromatic carbocycles. The smallest absolute Gasteiger partial charge is 0.0940 e. The fourth-order valence-electron chi connectivity index (χ4n) is 2.91. The lowest BCUT2D eigenvalue weighted by Crippen LogP contribution is -2.46. The SMILES string of the molecule is CC(C)(C)C(O)C1CCOC2(CCOC2)C1. The number of hydrogen-bond donors (Lipinski definition) is 1. The van der Waals surface area contributed by atoms with E-state index >= 15 is 0 Å². The molecule has 1 N–H and O–H groups in total. The lowest BCUT2D eigenvalue weighted by atomic mass is 9.74. The van der Waals surface area contributed by atoms with Crippen molar-refractivity contribution in [3.05, 3.63) is 0 Å². The minimum absolute atomic E-state index is 0.0390. The molecule has 3 nitrogen and oxygen atoms in total. The summed E-state index contributed by atoms with van der Waals surface area (Å²) in [5, 5.41) is 10.4. The Bertz CT molecular complexity index is 238. The summed E-state index contributed by atoms with van der Waals surface area (Å²) in [6.07, 6.45) is 2.67.